The van der Waals surface area contributed by atoms with Gasteiger partial charge in [-0.2, -0.15) is 0 Å². The van der Waals surface area contributed by atoms with E-state index in [2.05, 4.69) is 36.1 Å². The van der Waals surface area contributed by atoms with Gasteiger partial charge in [-0.1, -0.05) is 181 Å². The molecule has 0 unspecified atom stereocenters. The van der Waals surface area contributed by atoms with Gasteiger partial charge in [-0.3, -0.25) is 20.4 Å². The largest absolute Gasteiger partial charge is 0.466 e. The summed E-state index contributed by atoms with van der Waals surface area (Å²) in [5, 5.41) is 9.04. The standard InChI is InChI=1S/C49H101N5O5.H2O.H2/c1-6-9-12-15-19-28-35-45-58-48(55)39-31-24-21-26-33-42-54(43-36-40-50-49(51-52-56)53(4)5)41-32-25-18-20-27-34-44-57-46-59-47(37-29-22-16-13-10-7-2)38-30-23-17-14-11-8-3;;/h47,52,56H,6-46H2,1-5H3,(H,50,51);1H2;1H. The molecule has 0 aromatic carbocycles. The topological polar surface area (TPSA) is 139 Å². The van der Waals surface area contributed by atoms with Crippen LogP contribution in [0.25, 0.3) is 0 Å². The lowest BCUT2D eigenvalue weighted by atomic mass is 10.0. The van der Waals surface area contributed by atoms with Crippen molar-refractivity contribution in [1.82, 2.24) is 20.8 Å². The van der Waals surface area contributed by atoms with E-state index in [-0.39, 0.29) is 12.9 Å². The Kier molecular flexibility index (Phi) is 50.6. The number of aliphatic imine (C=N–C) groups is 1. The summed E-state index contributed by atoms with van der Waals surface area (Å²) in [6, 6.07) is 0. The first-order valence-electron chi connectivity index (χ1n) is 25.4. The van der Waals surface area contributed by atoms with Gasteiger partial charge < -0.3 is 29.5 Å². The van der Waals surface area contributed by atoms with Crippen molar-refractivity contribution in [3.8, 4) is 0 Å². The predicted octanol–water partition coefficient (Wildman–Crippen LogP) is 12.3. The number of unbranched alkanes of at least 4 members (excludes halogenated alkanes) is 25. The number of hydrazine groups is 1. The molecule has 11 heteroatoms. The molecule has 0 spiro atoms. The molecule has 0 heterocycles. The van der Waals surface area contributed by atoms with Crippen molar-refractivity contribution in [3.63, 3.8) is 0 Å². The van der Waals surface area contributed by atoms with E-state index in [0.717, 1.165) is 58.3 Å². The van der Waals surface area contributed by atoms with E-state index in [0.29, 0.717) is 38.4 Å². The Morgan fingerprint density at radius 2 is 1.02 bits per heavy atom. The fraction of sp³-hybridized carbons (Fsp3) is 0.959. The average molecular weight is 860 g/mol. The Bertz CT molecular complexity index is 875. The van der Waals surface area contributed by atoms with Crippen molar-refractivity contribution in [3.05, 3.63) is 0 Å². The molecular formula is C49H105N5O6. The minimum Gasteiger partial charge on any atom is -0.466 e. The molecule has 11 nitrogen and oxygen atoms in total. The first kappa shape index (κ1) is 60.6. The van der Waals surface area contributed by atoms with Gasteiger partial charge in [0.1, 0.15) is 6.79 Å². The number of carbonyl (C=O) groups is 1. The fourth-order valence-electron chi connectivity index (χ4n) is 7.68. The van der Waals surface area contributed by atoms with Crippen molar-refractivity contribution < 1.29 is 31.1 Å². The van der Waals surface area contributed by atoms with E-state index in [1.807, 2.05) is 24.6 Å². The van der Waals surface area contributed by atoms with Crippen molar-refractivity contribution in [2.24, 2.45) is 4.99 Å². The van der Waals surface area contributed by atoms with Gasteiger partial charge >= 0.3 is 5.97 Å². The predicted molar refractivity (Wildman–Crippen MR) is 257 cm³/mol. The van der Waals surface area contributed by atoms with Gasteiger partial charge in [0.05, 0.1) is 12.7 Å². The van der Waals surface area contributed by atoms with Crippen molar-refractivity contribution in [2.45, 2.75) is 245 Å². The minimum atomic E-state index is -0.0217. The molecule has 0 aliphatic carbocycles. The number of guanidine groups is 1. The van der Waals surface area contributed by atoms with Crippen LogP contribution in [0.5, 0.6) is 0 Å². The number of rotatable bonds is 47. The van der Waals surface area contributed by atoms with E-state index in [1.54, 1.807) is 0 Å². The zero-order chi connectivity index (χ0) is 43.1. The monoisotopic (exact) mass is 860 g/mol. The summed E-state index contributed by atoms with van der Waals surface area (Å²) >= 11 is 0. The number of hydrogen-bond donors (Lipinski definition) is 3. The van der Waals surface area contributed by atoms with Gasteiger partial charge in [-0.25, -0.2) is 0 Å². The lowest BCUT2D eigenvalue weighted by Gasteiger charge is -2.22. The number of ether oxygens (including phenoxy) is 3. The van der Waals surface area contributed by atoms with Gasteiger partial charge in [0, 0.05) is 35.1 Å². The Labute approximate surface area is 373 Å². The second kappa shape index (κ2) is 50.1. The van der Waals surface area contributed by atoms with E-state index in [1.165, 1.54) is 180 Å². The van der Waals surface area contributed by atoms with E-state index in [4.69, 9.17) is 19.4 Å². The molecule has 60 heavy (non-hydrogen) atoms. The zero-order valence-electron chi connectivity index (χ0n) is 40.5. The van der Waals surface area contributed by atoms with Crippen LogP contribution in [0, 0.1) is 0 Å². The first-order chi connectivity index (χ1) is 29.0. The number of hydrogen-bond acceptors (Lipinski definition) is 8. The van der Waals surface area contributed by atoms with E-state index < -0.39 is 0 Å². The summed E-state index contributed by atoms with van der Waals surface area (Å²) in [7, 11) is 3.81. The van der Waals surface area contributed by atoms with Crippen LogP contribution in [0.1, 0.15) is 241 Å². The molecule has 0 radical (unpaired) electrons. The second-order valence-corrected chi connectivity index (χ2v) is 17.4. The molecule has 0 saturated heterocycles. The van der Waals surface area contributed by atoms with Crippen LogP contribution >= 0.6 is 0 Å². The number of nitrogens with zero attached hydrogens (tertiary/aromatic N) is 3. The zero-order valence-corrected chi connectivity index (χ0v) is 40.5. The van der Waals surface area contributed by atoms with Crippen molar-refractivity contribution >= 4 is 11.9 Å². The maximum Gasteiger partial charge on any atom is 0.305 e. The van der Waals surface area contributed by atoms with Crippen LogP contribution in [-0.2, 0) is 19.0 Å². The van der Waals surface area contributed by atoms with Gasteiger partial charge in [0.25, 0.3) is 0 Å². The first-order valence-corrected chi connectivity index (χ1v) is 25.4. The van der Waals surface area contributed by atoms with Crippen LogP contribution in [-0.4, -0.2) is 98.8 Å². The Balaban J connectivity index is -0.0000168. The van der Waals surface area contributed by atoms with E-state index >= 15 is 0 Å². The molecule has 0 aromatic rings. The normalized spacial score (nSPS) is 11.8. The van der Waals surface area contributed by atoms with Crippen LogP contribution in [0.4, 0.5) is 0 Å². The summed E-state index contributed by atoms with van der Waals surface area (Å²) in [6.07, 6.45) is 42.0. The quantitative estimate of drug-likeness (QED) is 0.0136. The summed E-state index contributed by atoms with van der Waals surface area (Å²) in [4.78, 5) is 21.2. The highest BCUT2D eigenvalue weighted by Crippen LogP contribution is 2.17. The Morgan fingerprint density at radius 3 is 1.52 bits per heavy atom. The van der Waals surface area contributed by atoms with Gasteiger partial charge in [-0.15, -0.1) is 5.59 Å². The van der Waals surface area contributed by atoms with Crippen LogP contribution in [0.2, 0.25) is 0 Å². The third kappa shape index (κ3) is 44.6. The third-order valence-electron chi connectivity index (χ3n) is 11.5. The molecule has 0 aliphatic rings. The van der Waals surface area contributed by atoms with Crippen molar-refractivity contribution in [2.75, 3.05) is 60.3 Å². The van der Waals surface area contributed by atoms with Crippen LogP contribution in [0.3, 0.4) is 0 Å². The van der Waals surface area contributed by atoms with Gasteiger partial charge in [0.2, 0.25) is 5.96 Å². The third-order valence-corrected chi connectivity index (χ3v) is 11.5. The van der Waals surface area contributed by atoms with Gasteiger partial charge in [0.15, 0.2) is 0 Å². The molecule has 0 bridgehead atoms. The maximum atomic E-state index is 12.1. The molecule has 0 rings (SSSR count). The number of esters is 1. The number of carbonyl (C=O) groups excluding carboxylic acids is 1. The highest BCUT2D eigenvalue weighted by molar-refractivity contribution is 5.78. The smallest absolute Gasteiger partial charge is 0.305 e. The lowest BCUT2D eigenvalue weighted by Crippen LogP contribution is -2.43. The molecule has 0 saturated carbocycles. The summed E-state index contributed by atoms with van der Waals surface area (Å²) in [6.45, 7) is 12.6. The van der Waals surface area contributed by atoms with Crippen molar-refractivity contribution in [1.29, 1.82) is 0 Å². The minimum absolute atomic E-state index is 0. The number of nitrogens with one attached hydrogen (secondary N) is 2. The maximum absolute atomic E-state index is 12.1. The Morgan fingerprint density at radius 1 is 0.583 bits per heavy atom. The summed E-state index contributed by atoms with van der Waals surface area (Å²) in [5.41, 5.74) is 4.68. The highest BCUT2D eigenvalue weighted by atomic mass is 16.7. The molecular weight excluding hydrogens is 755 g/mol. The molecule has 0 amide bonds. The molecule has 362 valence electrons. The van der Waals surface area contributed by atoms with Gasteiger partial charge in [-0.05, 0) is 71.0 Å². The average Bonchev–Trinajstić information content (AvgIpc) is 3.23. The summed E-state index contributed by atoms with van der Waals surface area (Å²) in [5.74, 6) is 0.598. The molecule has 0 aromatic heterocycles. The molecule has 5 N–H and O–H groups in total. The highest BCUT2D eigenvalue weighted by Gasteiger charge is 2.10. The Hall–Kier alpha value is -1.50. The SMILES string of the molecule is CCCCCCCCCOC(=O)CCCCCCCN(CCCCCCCCOCOC(CCCCCCCC)CCCCCCCC)CCCN=C(NNO)N(C)C.O.[HH]. The second-order valence-electron chi connectivity index (χ2n) is 17.4. The lowest BCUT2D eigenvalue weighted by molar-refractivity contribution is -0.143. The van der Waals surface area contributed by atoms with Crippen LogP contribution in [0.15, 0.2) is 4.99 Å². The van der Waals surface area contributed by atoms with E-state index in [9.17, 15) is 4.79 Å². The molecule has 0 fully saturated rings. The molecule has 0 aliphatic heterocycles. The van der Waals surface area contributed by atoms with Crippen LogP contribution < -0.4 is 11.0 Å². The molecule has 0 atom stereocenters. The fourth-order valence-corrected chi connectivity index (χ4v) is 7.68. The summed E-state index contributed by atoms with van der Waals surface area (Å²) < 4.78 is 17.7.